The number of hydrogen-bond donors (Lipinski definition) is 1. The van der Waals surface area contributed by atoms with Crippen LogP contribution >= 0.6 is 11.8 Å². The first kappa shape index (κ1) is 14.8. The third kappa shape index (κ3) is 3.09. The van der Waals surface area contributed by atoms with E-state index >= 15 is 0 Å². The Morgan fingerprint density at radius 1 is 1.25 bits per heavy atom. The summed E-state index contributed by atoms with van der Waals surface area (Å²) in [5, 5.41) is 9.80. The van der Waals surface area contributed by atoms with E-state index in [4.69, 9.17) is 5.84 Å². The van der Waals surface area contributed by atoms with Crippen molar-refractivity contribution in [2.24, 2.45) is 0 Å². The van der Waals surface area contributed by atoms with E-state index in [2.05, 4.69) is 47.9 Å². The molecule has 108 valence electrons. The molecule has 2 N–H and O–H groups in total. The third-order valence-electron chi connectivity index (χ3n) is 2.76. The maximum absolute atomic E-state index is 6.07. The highest BCUT2D eigenvalue weighted by Gasteiger charge is 2.23. The number of aromatic nitrogens is 5. The predicted octanol–water partition coefficient (Wildman–Crippen LogP) is 2.10. The van der Waals surface area contributed by atoms with Crippen LogP contribution in [0.15, 0.2) is 16.2 Å². The van der Waals surface area contributed by atoms with Crippen LogP contribution in [-0.4, -0.2) is 24.8 Å². The van der Waals surface area contributed by atoms with Crippen LogP contribution in [0.25, 0.3) is 0 Å². The van der Waals surface area contributed by atoms with Gasteiger partial charge in [0, 0.05) is 11.1 Å². The highest BCUT2D eigenvalue weighted by atomic mass is 32.2. The van der Waals surface area contributed by atoms with Gasteiger partial charge < -0.3 is 5.84 Å². The van der Waals surface area contributed by atoms with Crippen LogP contribution in [0.2, 0.25) is 0 Å². The van der Waals surface area contributed by atoms with Crippen molar-refractivity contribution in [1.29, 1.82) is 0 Å². The van der Waals surface area contributed by atoms with E-state index in [1.54, 1.807) is 0 Å². The summed E-state index contributed by atoms with van der Waals surface area (Å²) in [6.45, 7) is 10.1. The molecule has 20 heavy (non-hydrogen) atoms. The Labute approximate surface area is 123 Å². The van der Waals surface area contributed by atoms with Crippen LogP contribution in [0.1, 0.15) is 45.0 Å². The fourth-order valence-electron chi connectivity index (χ4n) is 1.78. The summed E-state index contributed by atoms with van der Waals surface area (Å²) in [7, 11) is 0. The van der Waals surface area contributed by atoms with Gasteiger partial charge >= 0.3 is 0 Å². The van der Waals surface area contributed by atoms with Gasteiger partial charge in [0.05, 0.1) is 0 Å². The maximum Gasteiger partial charge on any atom is 0.216 e. The number of nitrogen functional groups attached to an aromatic ring is 1. The first-order valence-electron chi connectivity index (χ1n) is 6.54. The van der Waals surface area contributed by atoms with Gasteiger partial charge in [0.1, 0.15) is 10.9 Å². The van der Waals surface area contributed by atoms with E-state index < -0.39 is 0 Å². The van der Waals surface area contributed by atoms with Gasteiger partial charge in [-0.05, 0) is 31.2 Å². The first-order chi connectivity index (χ1) is 9.31. The van der Waals surface area contributed by atoms with Crippen molar-refractivity contribution in [1.82, 2.24) is 24.8 Å². The van der Waals surface area contributed by atoms with Gasteiger partial charge in [0.25, 0.3) is 0 Å². The second-order valence-electron chi connectivity index (χ2n) is 5.63. The Balaban J connectivity index is 2.31. The first-order valence-corrected chi connectivity index (χ1v) is 7.36. The van der Waals surface area contributed by atoms with Gasteiger partial charge in [-0.1, -0.05) is 27.7 Å². The predicted molar refractivity (Wildman–Crippen MR) is 79.1 cm³/mol. The van der Waals surface area contributed by atoms with Crippen molar-refractivity contribution in [2.75, 3.05) is 5.84 Å². The van der Waals surface area contributed by atoms with Gasteiger partial charge in [-0.15, -0.1) is 10.2 Å². The fraction of sp³-hybridized carbons (Fsp3) is 0.538. The van der Waals surface area contributed by atoms with E-state index in [0.29, 0.717) is 5.16 Å². The number of rotatable bonds is 3. The van der Waals surface area contributed by atoms with Crippen molar-refractivity contribution in [2.45, 2.75) is 56.6 Å². The lowest BCUT2D eigenvalue weighted by molar-refractivity contribution is 0.523. The molecule has 0 unspecified atom stereocenters. The smallest absolute Gasteiger partial charge is 0.216 e. The zero-order valence-corrected chi connectivity index (χ0v) is 13.3. The van der Waals surface area contributed by atoms with Gasteiger partial charge in [-0.2, -0.15) is 0 Å². The molecular formula is C13H20N6S. The minimum absolute atomic E-state index is 0.142. The summed E-state index contributed by atoms with van der Waals surface area (Å²) < 4.78 is 1.54. The van der Waals surface area contributed by atoms with Crippen LogP contribution < -0.4 is 5.84 Å². The molecule has 0 saturated carbocycles. The van der Waals surface area contributed by atoms with Crippen LogP contribution in [0.5, 0.6) is 0 Å². The molecule has 6 nitrogen and oxygen atoms in total. The van der Waals surface area contributed by atoms with E-state index in [0.717, 1.165) is 28.8 Å². The number of aryl methyl sites for hydroxylation is 2. The molecule has 2 aromatic rings. The highest BCUT2D eigenvalue weighted by Crippen LogP contribution is 2.27. The summed E-state index contributed by atoms with van der Waals surface area (Å²) in [5.74, 6) is 7.58. The molecule has 0 bridgehead atoms. The van der Waals surface area contributed by atoms with Gasteiger partial charge in [-0.25, -0.2) is 14.6 Å². The SMILES string of the molecule is CCc1cc(Sc2nnc(C(C)(C)C)n2N)nc(C)n1. The average molecular weight is 292 g/mol. The van der Waals surface area contributed by atoms with Crippen molar-refractivity contribution in [3.63, 3.8) is 0 Å². The van der Waals surface area contributed by atoms with E-state index in [1.165, 1.54) is 16.4 Å². The molecule has 2 aromatic heterocycles. The van der Waals surface area contributed by atoms with Gasteiger partial charge in [0.2, 0.25) is 5.16 Å². The summed E-state index contributed by atoms with van der Waals surface area (Å²) >= 11 is 1.41. The summed E-state index contributed by atoms with van der Waals surface area (Å²) in [6.07, 6.45) is 0.874. The Morgan fingerprint density at radius 2 is 1.95 bits per heavy atom. The minimum Gasteiger partial charge on any atom is -0.336 e. The zero-order chi connectivity index (χ0) is 14.9. The quantitative estimate of drug-likeness (QED) is 0.689. The number of nitrogens with two attached hydrogens (primary N) is 1. The third-order valence-corrected chi connectivity index (χ3v) is 3.64. The largest absolute Gasteiger partial charge is 0.336 e. The zero-order valence-electron chi connectivity index (χ0n) is 12.5. The molecule has 7 heteroatoms. The summed E-state index contributed by atoms with van der Waals surface area (Å²) in [6, 6.07) is 1.96. The molecule has 2 rings (SSSR count). The topological polar surface area (TPSA) is 82.5 Å². The highest BCUT2D eigenvalue weighted by molar-refractivity contribution is 7.99. The van der Waals surface area contributed by atoms with E-state index in [-0.39, 0.29) is 5.41 Å². The second kappa shape index (κ2) is 5.40. The molecule has 0 saturated heterocycles. The molecule has 0 amide bonds. The lowest BCUT2D eigenvalue weighted by Gasteiger charge is -2.16. The molecule has 0 aliphatic carbocycles. The van der Waals surface area contributed by atoms with Crippen molar-refractivity contribution in [3.8, 4) is 0 Å². The summed E-state index contributed by atoms with van der Waals surface area (Å²) in [4.78, 5) is 8.77. The van der Waals surface area contributed by atoms with Crippen LogP contribution in [0, 0.1) is 6.92 Å². The normalized spacial score (nSPS) is 11.8. The molecular weight excluding hydrogens is 272 g/mol. The van der Waals surface area contributed by atoms with Crippen LogP contribution in [0.4, 0.5) is 0 Å². The van der Waals surface area contributed by atoms with Gasteiger partial charge in [-0.3, -0.25) is 0 Å². The number of hydrogen-bond acceptors (Lipinski definition) is 6. The van der Waals surface area contributed by atoms with Gasteiger partial charge in [0.15, 0.2) is 5.82 Å². The lowest BCUT2D eigenvalue weighted by Crippen LogP contribution is -2.24. The average Bonchev–Trinajstić information content (AvgIpc) is 2.70. The molecule has 0 aliphatic rings. The monoisotopic (exact) mass is 292 g/mol. The number of nitrogens with zero attached hydrogens (tertiary/aromatic N) is 5. The molecule has 2 heterocycles. The minimum atomic E-state index is -0.142. The molecule has 0 spiro atoms. The van der Waals surface area contributed by atoms with Crippen molar-refractivity contribution in [3.05, 3.63) is 23.4 Å². The van der Waals surface area contributed by atoms with Crippen molar-refractivity contribution >= 4 is 11.8 Å². The Morgan fingerprint density at radius 3 is 2.50 bits per heavy atom. The summed E-state index contributed by atoms with van der Waals surface area (Å²) in [5.41, 5.74) is 0.871. The van der Waals surface area contributed by atoms with Crippen LogP contribution in [0.3, 0.4) is 0 Å². The molecule has 0 atom stereocenters. The van der Waals surface area contributed by atoms with Crippen LogP contribution in [-0.2, 0) is 11.8 Å². The molecule has 0 radical (unpaired) electrons. The lowest BCUT2D eigenvalue weighted by atomic mass is 9.96. The Hall–Kier alpha value is -1.63. The Kier molecular flexibility index (Phi) is 3.99. The standard InChI is InChI=1S/C13H20N6S/c1-6-9-7-10(16-8(2)15-9)20-12-18-17-11(19(12)14)13(3,4)5/h7H,6,14H2,1-5H3. The maximum atomic E-state index is 6.07. The fourth-order valence-corrected chi connectivity index (χ4v) is 2.61. The second-order valence-corrected chi connectivity index (χ2v) is 6.61. The molecule has 0 aliphatic heterocycles. The molecule has 0 aromatic carbocycles. The van der Waals surface area contributed by atoms with E-state index in [9.17, 15) is 0 Å². The Bertz CT molecular complexity index is 614. The molecule has 0 fully saturated rings. The van der Waals surface area contributed by atoms with Crippen molar-refractivity contribution < 1.29 is 0 Å². The van der Waals surface area contributed by atoms with E-state index in [1.807, 2.05) is 13.0 Å².